The summed E-state index contributed by atoms with van der Waals surface area (Å²) in [6.45, 7) is 1.22. The monoisotopic (exact) mass is 368 g/mol. The number of rotatable bonds is 3. The Kier molecular flexibility index (Phi) is 4.28. The van der Waals surface area contributed by atoms with Crippen molar-refractivity contribution in [3.8, 4) is 11.5 Å². The number of aromatic nitrogens is 5. The molecule has 0 atom stereocenters. The van der Waals surface area contributed by atoms with E-state index in [1.165, 1.54) is 0 Å². The van der Waals surface area contributed by atoms with Gasteiger partial charge in [-0.05, 0) is 18.4 Å². The molecule has 1 aliphatic heterocycles. The number of hydrogen-bond acceptors (Lipinski definition) is 5. The van der Waals surface area contributed by atoms with Crippen LogP contribution in [-0.4, -0.2) is 48.2 Å². The van der Waals surface area contributed by atoms with E-state index in [9.17, 15) is 4.79 Å². The fourth-order valence-corrected chi connectivity index (χ4v) is 3.89. The largest absolute Gasteiger partial charge is 0.334 e. The average molecular weight is 368 g/mol. The third-order valence-electron chi connectivity index (χ3n) is 4.78. The molecule has 4 rings (SSSR count). The minimum atomic E-state index is 0.0498. The first-order valence-corrected chi connectivity index (χ1v) is 9.65. The summed E-state index contributed by atoms with van der Waals surface area (Å²) < 4.78 is 3.85. The third-order valence-corrected chi connectivity index (χ3v) is 5.50. The molecule has 1 aromatic carbocycles. The van der Waals surface area contributed by atoms with Gasteiger partial charge >= 0.3 is 0 Å². The first kappa shape index (κ1) is 16.8. The molecule has 1 amide bonds. The number of aryl methyl sites for hydroxylation is 1. The molecule has 0 spiro atoms. The summed E-state index contributed by atoms with van der Waals surface area (Å²) >= 11 is 1.55. The van der Waals surface area contributed by atoms with Crippen molar-refractivity contribution in [2.24, 2.45) is 14.1 Å². The van der Waals surface area contributed by atoms with Crippen LogP contribution in [0.25, 0.3) is 11.5 Å². The van der Waals surface area contributed by atoms with Crippen LogP contribution in [0, 0.1) is 0 Å². The molecular weight excluding hydrogens is 348 g/mol. The molecule has 0 radical (unpaired) electrons. The highest BCUT2D eigenvalue weighted by atomic mass is 32.2. The Morgan fingerprint density at radius 3 is 2.62 bits per heavy atom. The first-order chi connectivity index (χ1) is 12.6. The van der Waals surface area contributed by atoms with Crippen LogP contribution in [0.2, 0.25) is 0 Å². The van der Waals surface area contributed by atoms with Crippen molar-refractivity contribution in [2.75, 3.05) is 12.8 Å². The van der Waals surface area contributed by atoms with E-state index < -0.39 is 0 Å². The number of fused-ring (bicyclic) bond motifs is 1. The average Bonchev–Trinajstić information content (AvgIpc) is 3.21. The molecule has 2 aromatic heterocycles. The maximum absolute atomic E-state index is 12.8. The zero-order valence-electron chi connectivity index (χ0n) is 15.0. The van der Waals surface area contributed by atoms with Gasteiger partial charge in [0.25, 0.3) is 5.91 Å². The van der Waals surface area contributed by atoms with Crippen molar-refractivity contribution in [1.29, 1.82) is 0 Å². The molecule has 0 N–H and O–H groups in total. The molecule has 3 heterocycles. The summed E-state index contributed by atoms with van der Waals surface area (Å²) in [5.74, 6) is 0.786. The van der Waals surface area contributed by atoms with E-state index in [0.29, 0.717) is 18.7 Å². The Labute approximate surface area is 156 Å². The van der Waals surface area contributed by atoms with Gasteiger partial charge in [0.2, 0.25) is 0 Å². The van der Waals surface area contributed by atoms with Gasteiger partial charge in [0.15, 0.2) is 11.0 Å². The summed E-state index contributed by atoms with van der Waals surface area (Å²) in [5, 5.41) is 14.1. The molecule has 0 fully saturated rings. The van der Waals surface area contributed by atoms with Crippen LogP contribution in [0.1, 0.15) is 21.6 Å². The summed E-state index contributed by atoms with van der Waals surface area (Å²) in [6.07, 6.45) is 2.76. The van der Waals surface area contributed by atoms with Crippen LogP contribution in [0.3, 0.4) is 0 Å². The SMILES string of the molecule is CSc1nnc(-c2nn(C)c3c2CN(C(=O)c2ccccc2)CC3)n1C. The summed E-state index contributed by atoms with van der Waals surface area (Å²) in [7, 11) is 3.89. The zero-order chi connectivity index (χ0) is 18.3. The van der Waals surface area contributed by atoms with Crippen LogP contribution in [0.4, 0.5) is 0 Å². The van der Waals surface area contributed by atoms with E-state index in [1.54, 1.807) is 11.8 Å². The highest BCUT2D eigenvalue weighted by molar-refractivity contribution is 7.98. The van der Waals surface area contributed by atoms with Crippen molar-refractivity contribution in [3.05, 3.63) is 47.2 Å². The molecule has 3 aromatic rings. The van der Waals surface area contributed by atoms with Crippen molar-refractivity contribution >= 4 is 17.7 Å². The van der Waals surface area contributed by atoms with E-state index in [-0.39, 0.29) is 5.91 Å². The molecule has 8 heteroatoms. The standard InChI is InChI=1S/C18H20N6OS/c1-22-16(19-20-18(22)26-3)15-13-11-24(10-9-14(13)23(2)21-15)17(25)12-7-5-4-6-8-12/h4-8H,9-11H2,1-3H3. The zero-order valence-corrected chi connectivity index (χ0v) is 15.8. The fourth-order valence-electron chi connectivity index (χ4n) is 3.41. The third kappa shape index (κ3) is 2.70. The van der Waals surface area contributed by atoms with Gasteiger partial charge in [-0.15, -0.1) is 10.2 Å². The van der Waals surface area contributed by atoms with Crippen molar-refractivity contribution in [2.45, 2.75) is 18.1 Å². The summed E-state index contributed by atoms with van der Waals surface area (Å²) in [4.78, 5) is 14.7. The van der Waals surface area contributed by atoms with Gasteiger partial charge in [0.1, 0.15) is 5.69 Å². The lowest BCUT2D eigenvalue weighted by Gasteiger charge is -2.27. The Bertz CT molecular complexity index is 962. The Morgan fingerprint density at radius 1 is 1.15 bits per heavy atom. The van der Waals surface area contributed by atoms with Crippen molar-refractivity contribution in [1.82, 2.24) is 29.4 Å². The van der Waals surface area contributed by atoms with Crippen LogP contribution < -0.4 is 0 Å². The van der Waals surface area contributed by atoms with Gasteiger partial charge in [0, 0.05) is 43.9 Å². The maximum atomic E-state index is 12.8. The van der Waals surface area contributed by atoms with Gasteiger partial charge in [-0.2, -0.15) is 5.10 Å². The number of carbonyl (C=O) groups excluding carboxylic acids is 1. The Balaban J connectivity index is 1.70. The molecule has 1 aliphatic rings. The lowest BCUT2D eigenvalue weighted by molar-refractivity contribution is 0.0733. The molecule has 0 saturated heterocycles. The Morgan fingerprint density at radius 2 is 1.92 bits per heavy atom. The van der Waals surface area contributed by atoms with E-state index in [4.69, 9.17) is 0 Å². The molecule has 0 aliphatic carbocycles. The van der Waals surface area contributed by atoms with Gasteiger partial charge in [0.05, 0.1) is 6.54 Å². The molecule has 0 bridgehead atoms. The first-order valence-electron chi connectivity index (χ1n) is 8.43. The second kappa shape index (κ2) is 6.60. The Hall–Kier alpha value is -2.61. The molecule has 26 heavy (non-hydrogen) atoms. The minimum Gasteiger partial charge on any atom is -0.334 e. The predicted octanol–water partition coefficient (Wildman–Crippen LogP) is 2.14. The highest BCUT2D eigenvalue weighted by Gasteiger charge is 2.29. The summed E-state index contributed by atoms with van der Waals surface area (Å²) in [6, 6.07) is 9.41. The van der Waals surface area contributed by atoms with Crippen molar-refractivity contribution < 1.29 is 4.79 Å². The van der Waals surface area contributed by atoms with E-state index in [1.807, 2.05) is 64.8 Å². The van der Waals surface area contributed by atoms with E-state index in [2.05, 4.69) is 15.3 Å². The maximum Gasteiger partial charge on any atom is 0.254 e. The topological polar surface area (TPSA) is 68.8 Å². The lowest BCUT2D eigenvalue weighted by Crippen LogP contribution is -2.36. The normalized spacial score (nSPS) is 13.7. The number of hydrogen-bond donors (Lipinski definition) is 0. The van der Waals surface area contributed by atoms with Crippen LogP contribution >= 0.6 is 11.8 Å². The van der Waals surface area contributed by atoms with E-state index in [0.717, 1.165) is 34.4 Å². The molecular formula is C18H20N6OS. The molecule has 7 nitrogen and oxygen atoms in total. The number of thioether (sulfide) groups is 1. The van der Waals surface area contributed by atoms with Crippen molar-refractivity contribution in [3.63, 3.8) is 0 Å². The predicted molar refractivity (Wildman–Crippen MR) is 99.9 cm³/mol. The highest BCUT2D eigenvalue weighted by Crippen LogP contribution is 2.30. The smallest absolute Gasteiger partial charge is 0.254 e. The lowest BCUT2D eigenvalue weighted by atomic mass is 10.0. The van der Waals surface area contributed by atoms with Crippen LogP contribution in [0.15, 0.2) is 35.5 Å². The van der Waals surface area contributed by atoms with Gasteiger partial charge in [-0.1, -0.05) is 30.0 Å². The van der Waals surface area contributed by atoms with Gasteiger partial charge in [-0.3, -0.25) is 9.48 Å². The minimum absolute atomic E-state index is 0.0498. The second-order valence-electron chi connectivity index (χ2n) is 6.31. The second-order valence-corrected chi connectivity index (χ2v) is 7.08. The van der Waals surface area contributed by atoms with E-state index >= 15 is 0 Å². The molecule has 0 saturated carbocycles. The quantitative estimate of drug-likeness (QED) is 0.663. The summed E-state index contributed by atoms with van der Waals surface area (Å²) in [5.41, 5.74) is 3.74. The number of nitrogens with zero attached hydrogens (tertiary/aromatic N) is 6. The van der Waals surface area contributed by atoms with Crippen LogP contribution in [-0.2, 0) is 27.1 Å². The number of amides is 1. The number of carbonyl (C=O) groups is 1. The number of benzene rings is 1. The van der Waals surface area contributed by atoms with Crippen LogP contribution in [0.5, 0.6) is 0 Å². The van der Waals surface area contributed by atoms with Gasteiger partial charge < -0.3 is 9.47 Å². The fraction of sp³-hybridized carbons (Fsp3) is 0.333. The molecule has 0 unspecified atom stereocenters. The van der Waals surface area contributed by atoms with Gasteiger partial charge in [-0.25, -0.2) is 0 Å². The molecule has 134 valence electrons.